The minimum Gasteiger partial charge on any atom is -0.315 e. The minimum atomic E-state index is -0.131. The maximum absolute atomic E-state index is 12.4. The monoisotopic (exact) mass is 335 g/mol. The molecule has 0 saturated carbocycles. The van der Waals surface area contributed by atoms with Crippen LogP contribution in [0.3, 0.4) is 0 Å². The van der Waals surface area contributed by atoms with Crippen LogP contribution in [0.1, 0.15) is 18.9 Å². The number of aromatic amines is 1. The Morgan fingerprint density at radius 2 is 2.16 bits per heavy atom. The molecule has 0 aliphatic carbocycles. The topological polar surface area (TPSA) is 92.9 Å². The van der Waals surface area contributed by atoms with Gasteiger partial charge in [-0.2, -0.15) is 0 Å². The predicted octanol–water partition coefficient (Wildman–Crippen LogP) is 1.36. The minimum absolute atomic E-state index is 0.111. The highest BCUT2D eigenvalue weighted by molar-refractivity contribution is 5.72. The first-order valence-electron chi connectivity index (χ1n) is 8.42. The molecule has 5 heterocycles. The first-order chi connectivity index (χ1) is 12.3. The summed E-state index contributed by atoms with van der Waals surface area (Å²) in [6, 6.07) is 5.93. The van der Waals surface area contributed by atoms with E-state index in [1.807, 2.05) is 28.8 Å². The highest BCUT2D eigenvalue weighted by Crippen LogP contribution is 2.22. The van der Waals surface area contributed by atoms with E-state index in [1.165, 1.54) is 0 Å². The molecule has 1 atom stereocenters. The molecular weight excluding hydrogens is 318 g/mol. The lowest BCUT2D eigenvalue weighted by atomic mass is 10.1. The van der Waals surface area contributed by atoms with Crippen molar-refractivity contribution in [1.29, 1.82) is 0 Å². The van der Waals surface area contributed by atoms with Gasteiger partial charge in [0, 0.05) is 12.7 Å². The quantitative estimate of drug-likeness (QED) is 0.577. The van der Waals surface area contributed by atoms with Crippen molar-refractivity contribution in [2.75, 3.05) is 13.1 Å². The predicted molar refractivity (Wildman–Crippen MR) is 93.5 cm³/mol. The second-order valence-corrected chi connectivity index (χ2v) is 6.30. The average Bonchev–Trinajstić information content (AvgIpc) is 3.22. The summed E-state index contributed by atoms with van der Waals surface area (Å²) < 4.78 is 3.70. The summed E-state index contributed by atoms with van der Waals surface area (Å²) in [5, 5.41) is 3.35. The molecule has 1 aliphatic heterocycles. The molecule has 0 unspecified atom stereocenters. The number of hydrogen-bond acceptors (Lipinski definition) is 5. The number of pyridine rings is 1. The molecular formula is C17H17N7O. The summed E-state index contributed by atoms with van der Waals surface area (Å²) in [5.41, 5.74) is 2.82. The third-order valence-corrected chi connectivity index (χ3v) is 4.74. The van der Waals surface area contributed by atoms with Crippen molar-refractivity contribution < 1.29 is 0 Å². The van der Waals surface area contributed by atoms with Crippen LogP contribution in [-0.2, 0) is 0 Å². The summed E-state index contributed by atoms with van der Waals surface area (Å²) in [6.07, 6.45) is 7.38. The van der Waals surface area contributed by atoms with E-state index >= 15 is 0 Å². The molecule has 126 valence electrons. The zero-order chi connectivity index (χ0) is 16.8. The van der Waals surface area contributed by atoms with Crippen LogP contribution in [0.5, 0.6) is 0 Å². The van der Waals surface area contributed by atoms with Gasteiger partial charge in [-0.1, -0.05) is 6.07 Å². The zero-order valence-electron chi connectivity index (χ0n) is 13.5. The number of nitrogens with zero attached hydrogens (tertiary/aromatic N) is 5. The van der Waals surface area contributed by atoms with Crippen LogP contribution < -0.4 is 11.0 Å². The Balaban J connectivity index is 1.69. The maximum Gasteiger partial charge on any atom is 0.328 e. The molecule has 25 heavy (non-hydrogen) atoms. The van der Waals surface area contributed by atoms with Crippen LogP contribution in [0.25, 0.3) is 28.3 Å². The molecule has 5 rings (SSSR count). The second kappa shape index (κ2) is 5.52. The van der Waals surface area contributed by atoms with Crippen LogP contribution in [0.15, 0.2) is 41.6 Å². The molecule has 8 nitrogen and oxygen atoms in total. The summed E-state index contributed by atoms with van der Waals surface area (Å²) in [7, 11) is 0. The van der Waals surface area contributed by atoms with Crippen molar-refractivity contribution in [3.05, 3.63) is 47.3 Å². The van der Waals surface area contributed by atoms with Gasteiger partial charge in [-0.25, -0.2) is 19.7 Å². The SMILES string of the molecule is O=c1[nH]c2cnc(-c3cnc4ccccn34)nc2n1[C@H]1CCCNC1. The standard InChI is InChI=1S/C17H17N7O/c25-17-21-12-9-20-15(13-10-19-14-5-1-2-7-23(13)14)22-16(12)24(17)11-4-3-6-18-8-11/h1-2,5,7,9-11,18H,3-4,6,8H2,(H,21,25)/t11-/m0/s1. The first-order valence-corrected chi connectivity index (χ1v) is 8.42. The molecule has 4 aromatic rings. The Hall–Kier alpha value is -3.00. The molecule has 4 aromatic heterocycles. The first kappa shape index (κ1) is 14.4. The Labute approximate surface area is 142 Å². The lowest BCUT2D eigenvalue weighted by molar-refractivity contribution is 0.370. The largest absolute Gasteiger partial charge is 0.328 e. The molecule has 1 saturated heterocycles. The van der Waals surface area contributed by atoms with Crippen molar-refractivity contribution >= 4 is 16.8 Å². The van der Waals surface area contributed by atoms with E-state index in [-0.39, 0.29) is 11.7 Å². The number of fused-ring (bicyclic) bond motifs is 2. The smallest absolute Gasteiger partial charge is 0.315 e. The number of imidazole rings is 2. The number of aromatic nitrogens is 6. The van der Waals surface area contributed by atoms with E-state index in [1.54, 1.807) is 17.0 Å². The van der Waals surface area contributed by atoms with Crippen LogP contribution in [0.2, 0.25) is 0 Å². The molecule has 0 aromatic carbocycles. The van der Waals surface area contributed by atoms with Gasteiger partial charge < -0.3 is 10.3 Å². The zero-order valence-corrected chi connectivity index (χ0v) is 13.5. The van der Waals surface area contributed by atoms with Gasteiger partial charge in [0.15, 0.2) is 11.5 Å². The van der Waals surface area contributed by atoms with Crippen molar-refractivity contribution in [1.82, 2.24) is 34.2 Å². The fraction of sp³-hybridized carbons (Fsp3) is 0.294. The van der Waals surface area contributed by atoms with E-state index in [4.69, 9.17) is 4.98 Å². The van der Waals surface area contributed by atoms with Gasteiger partial charge in [-0.3, -0.25) is 8.97 Å². The van der Waals surface area contributed by atoms with Crippen LogP contribution >= 0.6 is 0 Å². The highest BCUT2D eigenvalue weighted by atomic mass is 16.1. The van der Waals surface area contributed by atoms with Gasteiger partial charge in [0.1, 0.15) is 16.9 Å². The Morgan fingerprint density at radius 3 is 3.04 bits per heavy atom. The van der Waals surface area contributed by atoms with Gasteiger partial charge in [0.25, 0.3) is 0 Å². The highest BCUT2D eigenvalue weighted by Gasteiger charge is 2.21. The Morgan fingerprint density at radius 1 is 1.20 bits per heavy atom. The molecule has 0 bridgehead atoms. The normalized spacial score (nSPS) is 18.2. The van der Waals surface area contributed by atoms with Crippen molar-refractivity contribution in [3.63, 3.8) is 0 Å². The van der Waals surface area contributed by atoms with Gasteiger partial charge in [0.05, 0.1) is 18.4 Å². The van der Waals surface area contributed by atoms with Gasteiger partial charge in [-0.05, 0) is 31.5 Å². The van der Waals surface area contributed by atoms with Gasteiger partial charge in [0.2, 0.25) is 0 Å². The molecule has 2 N–H and O–H groups in total. The molecule has 1 fully saturated rings. The fourth-order valence-electron chi connectivity index (χ4n) is 3.53. The van der Waals surface area contributed by atoms with Crippen LogP contribution in [0.4, 0.5) is 0 Å². The second-order valence-electron chi connectivity index (χ2n) is 6.30. The lowest BCUT2D eigenvalue weighted by Crippen LogP contribution is -2.35. The van der Waals surface area contributed by atoms with Crippen molar-refractivity contribution in [3.8, 4) is 11.5 Å². The van der Waals surface area contributed by atoms with E-state index in [2.05, 4.69) is 20.3 Å². The summed E-state index contributed by atoms with van der Waals surface area (Å²) in [4.78, 5) is 28.8. The average molecular weight is 335 g/mol. The van der Waals surface area contributed by atoms with Crippen molar-refractivity contribution in [2.24, 2.45) is 0 Å². The van der Waals surface area contributed by atoms with Crippen LogP contribution in [0, 0.1) is 0 Å². The number of nitrogens with one attached hydrogen (secondary N) is 2. The number of hydrogen-bond donors (Lipinski definition) is 2. The number of piperidine rings is 1. The molecule has 8 heteroatoms. The third-order valence-electron chi connectivity index (χ3n) is 4.74. The third kappa shape index (κ3) is 2.25. The Kier molecular flexibility index (Phi) is 3.17. The maximum atomic E-state index is 12.4. The fourth-order valence-corrected chi connectivity index (χ4v) is 3.53. The summed E-state index contributed by atoms with van der Waals surface area (Å²) in [6.45, 7) is 1.78. The van der Waals surface area contributed by atoms with Crippen molar-refractivity contribution in [2.45, 2.75) is 18.9 Å². The number of rotatable bonds is 2. The van der Waals surface area contributed by atoms with E-state index < -0.39 is 0 Å². The molecule has 0 spiro atoms. The Bertz CT molecular complexity index is 1120. The van der Waals surface area contributed by atoms with E-state index in [9.17, 15) is 4.79 Å². The van der Waals surface area contributed by atoms with E-state index in [0.29, 0.717) is 17.0 Å². The summed E-state index contributed by atoms with van der Waals surface area (Å²) >= 11 is 0. The lowest BCUT2D eigenvalue weighted by Gasteiger charge is -2.23. The van der Waals surface area contributed by atoms with Gasteiger partial charge in [-0.15, -0.1) is 0 Å². The molecule has 0 amide bonds. The molecule has 0 radical (unpaired) electrons. The van der Waals surface area contributed by atoms with Gasteiger partial charge >= 0.3 is 5.69 Å². The van der Waals surface area contributed by atoms with E-state index in [0.717, 1.165) is 37.3 Å². The summed E-state index contributed by atoms with van der Waals surface area (Å²) in [5.74, 6) is 0.558. The number of H-pyrrole nitrogens is 1. The van der Waals surface area contributed by atoms with Crippen LogP contribution in [-0.4, -0.2) is 42.0 Å². The molecule has 1 aliphatic rings.